The van der Waals surface area contributed by atoms with Gasteiger partial charge in [0.25, 0.3) is 5.91 Å². The second-order valence-corrected chi connectivity index (χ2v) is 12.7. The SMILES string of the molecule is COc1cc(NC(=O)c2sc3ncnc4c3c2NC(=O)N4c2ccc(OCc3cccs3)c(Cl)c2)ccc1CN1CCOCC1. The van der Waals surface area contributed by atoms with Crippen molar-refractivity contribution in [2.45, 2.75) is 13.2 Å². The minimum atomic E-state index is -0.479. The first-order chi connectivity index (χ1) is 22.0. The Bertz CT molecular complexity index is 1890. The van der Waals surface area contributed by atoms with Gasteiger partial charge < -0.3 is 24.8 Å². The molecule has 0 bridgehead atoms. The zero-order valence-electron chi connectivity index (χ0n) is 24.0. The first-order valence-electron chi connectivity index (χ1n) is 14.1. The van der Waals surface area contributed by atoms with Gasteiger partial charge in [0, 0.05) is 41.8 Å². The summed E-state index contributed by atoms with van der Waals surface area (Å²) in [5.41, 5.74) is 2.44. The van der Waals surface area contributed by atoms with Crippen LogP contribution in [0.3, 0.4) is 0 Å². The highest BCUT2D eigenvalue weighted by Gasteiger charge is 2.34. The number of carbonyl (C=O) groups is 2. The van der Waals surface area contributed by atoms with Gasteiger partial charge in [-0.15, -0.1) is 22.7 Å². The minimum absolute atomic E-state index is 0.312. The van der Waals surface area contributed by atoms with Gasteiger partial charge in [-0.3, -0.25) is 9.69 Å². The third-order valence-electron chi connectivity index (χ3n) is 7.49. The molecule has 0 radical (unpaired) electrons. The zero-order valence-corrected chi connectivity index (χ0v) is 26.4. The lowest BCUT2D eigenvalue weighted by molar-refractivity contribution is 0.0339. The van der Waals surface area contributed by atoms with Gasteiger partial charge in [-0.25, -0.2) is 19.7 Å². The van der Waals surface area contributed by atoms with Crippen molar-refractivity contribution in [1.82, 2.24) is 14.9 Å². The van der Waals surface area contributed by atoms with E-state index in [0.717, 1.165) is 30.1 Å². The lowest BCUT2D eigenvalue weighted by Crippen LogP contribution is -2.35. The van der Waals surface area contributed by atoms with Crippen molar-refractivity contribution in [3.8, 4) is 11.5 Å². The van der Waals surface area contributed by atoms with E-state index in [-0.39, 0.29) is 5.91 Å². The van der Waals surface area contributed by atoms with E-state index in [2.05, 4.69) is 25.5 Å². The molecule has 45 heavy (non-hydrogen) atoms. The van der Waals surface area contributed by atoms with Crippen molar-refractivity contribution < 1.29 is 23.8 Å². The number of amides is 3. The van der Waals surface area contributed by atoms with Crippen LogP contribution in [0.5, 0.6) is 11.5 Å². The van der Waals surface area contributed by atoms with Gasteiger partial charge >= 0.3 is 6.03 Å². The molecule has 5 aromatic rings. The number of anilines is 4. The second kappa shape index (κ2) is 12.6. The normalized spacial score (nSPS) is 14.8. The lowest BCUT2D eigenvalue weighted by Gasteiger charge is -2.27. The first-order valence-corrected chi connectivity index (χ1v) is 16.2. The van der Waals surface area contributed by atoms with E-state index in [1.54, 1.807) is 42.7 Å². The van der Waals surface area contributed by atoms with Gasteiger partial charge in [-0.2, -0.15) is 0 Å². The van der Waals surface area contributed by atoms with E-state index in [4.69, 9.17) is 25.8 Å². The Balaban J connectivity index is 1.13. The highest BCUT2D eigenvalue weighted by Crippen LogP contribution is 2.45. The molecule has 1 saturated heterocycles. The number of hydrogen-bond acceptors (Lipinski definition) is 10. The molecule has 14 heteroatoms. The van der Waals surface area contributed by atoms with E-state index < -0.39 is 6.03 Å². The van der Waals surface area contributed by atoms with E-state index in [9.17, 15) is 9.59 Å². The van der Waals surface area contributed by atoms with Crippen LogP contribution in [0.4, 0.5) is 27.7 Å². The maximum atomic E-state index is 13.6. The number of carbonyl (C=O) groups excluding carboxylic acids is 2. The van der Waals surface area contributed by atoms with Gasteiger partial charge in [-0.1, -0.05) is 23.7 Å². The molecule has 230 valence electrons. The van der Waals surface area contributed by atoms with Crippen LogP contribution in [0.25, 0.3) is 10.2 Å². The van der Waals surface area contributed by atoms with Gasteiger partial charge in [-0.05, 0) is 35.7 Å². The van der Waals surface area contributed by atoms with E-state index >= 15 is 0 Å². The van der Waals surface area contributed by atoms with Crippen molar-refractivity contribution in [3.63, 3.8) is 0 Å². The van der Waals surface area contributed by atoms with Crippen molar-refractivity contribution in [1.29, 1.82) is 0 Å². The van der Waals surface area contributed by atoms with Crippen LogP contribution in [-0.2, 0) is 17.9 Å². The summed E-state index contributed by atoms with van der Waals surface area (Å²) in [6.45, 7) is 4.24. The quantitative estimate of drug-likeness (QED) is 0.178. The van der Waals surface area contributed by atoms with E-state index in [1.807, 2.05) is 29.6 Å². The smallest absolute Gasteiger partial charge is 0.332 e. The summed E-state index contributed by atoms with van der Waals surface area (Å²) in [4.78, 5) is 41.6. The van der Waals surface area contributed by atoms with Gasteiger partial charge in [0.1, 0.15) is 34.1 Å². The van der Waals surface area contributed by atoms with Crippen LogP contribution < -0.4 is 25.0 Å². The summed E-state index contributed by atoms with van der Waals surface area (Å²) >= 11 is 9.33. The number of nitrogens with zero attached hydrogens (tertiary/aromatic N) is 4. The third-order valence-corrected chi connectivity index (χ3v) is 9.73. The van der Waals surface area contributed by atoms with Crippen LogP contribution in [0.2, 0.25) is 5.02 Å². The molecule has 0 unspecified atom stereocenters. The number of morpholine rings is 1. The molecule has 1 fully saturated rings. The summed E-state index contributed by atoms with van der Waals surface area (Å²) in [6.07, 6.45) is 1.38. The largest absolute Gasteiger partial charge is 0.496 e. The van der Waals surface area contributed by atoms with Crippen LogP contribution in [0, 0.1) is 0 Å². The fourth-order valence-electron chi connectivity index (χ4n) is 5.30. The molecule has 3 aromatic heterocycles. The Morgan fingerprint density at radius 1 is 1.13 bits per heavy atom. The van der Waals surface area contributed by atoms with E-state index in [0.29, 0.717) is 74.3 Å². The molecule has 0 spiro atoms. The van der Waals surface area contributed by atoms with Gasteiger partial charge in [0.05, 0.1) is 42.1 Å². The molecule has 7 rings (SSSR count). The third kappa shape index (κ3) is 5.92. The van der Waals surface area contributed by atoms with Crippen molar-refractivity contribution in [3.05, 3.63) is 80.6 Å². The molecule has 2 aromatic carbocycles. The minimum Gasteiger partial charge on any atom is -0.496 e. The maximum absolute atomic E-state index is 13.6. The number of benzene rings is 2. The van der Waals surface area contributed by atoms with Crippen LogP contribution in [-0.4, -0.2) is 60.2 Å². The molecule has 11 nitrogen and oxygen atoms in total. The Morgan fingerprint density at radius 3 is 2.78 bits per heavy atom. The topological polar surface area (TPSA) is 118 Å². The number of rotatable bonds is 9. The highest BCUT2D eigenvalue weighted by atomic mass is 35.5. The average Bonchev–Trinajstić information content (AvgIpc) is 3.71. The highest BCUT2D eigenvalue weighted by molar-refractivity contribution is 7.21. The molecular formula is C31H27ClN6O5S2. The standard InChI is InChI=1S/C31H27ClN6O5S2/c1-41-24-13-19(5-4-18(24)15-37-8-10-42-11-9-37)35-29(39)27-26-25-28(33-17-34-30(25)45-27)38(31(40)36-26)20-6-7-23(22(32)14-20)43-16-21-3-2-12-44-21/h2-7,12-14,17H,8-11,15-16H2,1H3,(H,35,39)(H,36,40). The Kier molecular flexibility index (Phi) is 8.25. The molecule has 0 atom stereocenters. The van der Waals surface area contributed by atoms with Crippen LogP contribution in [0.15, 0.2) is 60.2 Å². The number of thiophene rings is 2. The molecule has 0 aliphatic carbocycles. The molecule has 3 amide bonds. The summed E-state index contributed by atoms with van der Waals surface area (Å²) in [5, 5.41) is 8.74. The number of ether oxygens (including phenoxy) is 3. The molecular weight excluding hydrogens is 636 g/mol. The van der Waals surface area contributed by atoms with E-state index in [1.165, 1.54) is 22.6 Å². The maximum Gasteiger partial charge on any atom is 0.332 e. The molecule has 5 heterocycles. The van der Waals surface area contributed by atoms with Crippen LogP contribution >= 0.6 is 34.3 Å². The molecule has 0 saturated carbocycles. The summed E-state index contributed by atoms with van der Waals surface area (Å²) in [5.74, 6) is 1.15. The fourth-order valence-corrected chi connectivity index (χ4v) is 7.13. The number of nitrogens with one attached hydrogen (secondary N) is 2. The predicted octanol–water partition coefficient (Wildman–Crippen LogP) is 6.76. The van der Waals surface area contributed by atoms with Gasteiger partial charge in [0.2, 0.25) is 0 Å². The van der Waals surface area contributed by atoms with Crippen LogP contribution in [0.1, 0.15) is 20.1 Å². The monoisotopic (exact) mass is 662 g/mol. The number of halogens is 1. The Labute approximate surface area is 271 Å². The molecule has 2 aliphatic rings. The number of urea groups is 1. The molecule has 2 aliphatic heterocycles. The number of hydrogen-bond donors (Lipinski definition) is 2. The number of aromatic nitrogens is 2. The average molecular weight is 663 g/mol. The van der Waals surface area contributed by atoms with Crippen molar-refractivity contribution in [2.75, 3.05) is 48.9 Å². The first kappa shape index (κ1) is 29.4. The molecule has 2 N–H and O–H groups in total. The Morgan fingerprint density at radius 2 is 2.00 bits per heavy atom. The Hall–Kier alpha value is -4.27. The summed E-state index contributed by atoms with van der Waals surface area (Å²) in [6, 6.07) is 14.2. The zero-order chi connectivity index (χ0) is 30.9. The summed E-state index contributed by atoms with van der Waals surface area (Å²) < 4.78 is 17.0. The summed E-state index contributed by atoms with van der Waals surface area (Å²) in [7, 11) is 1.61. The van der Waals surface area contributed by atoms with Crippen molar-refractivity contribution >= 4 is 79.3 Å². The predicted molar refractivity (Wildman–Crippen MR) is 176 cm³/mol. The van der Waals surface area contributed by atoms with Gasteiger partial charge in [0.15, 0.2) is 5.82 Å². The fraction of sp³-hybridized carbons (Fsp3) is 0.226. The number of methoxy groups -OCH3 is 1. The lowest BCUT2D eigenvalue weighted by atomic mass is 10.1. The van der Waals surface area contributed by atoms with Crippen molar-refractivity contribution in [2.24, 2.45) is 0 Å². The second-order valence-electron chi connectivity index (χ2n) is 10.3.